The third kappa shape index (κ3) is 7.52. The van der Waals surface area contributed by atoms with Crippen LogP contribution in [0.3, 0.4) is 0 Å². The summed E-state index contributed by atoms with van der Waals surface area (Å²) < 4.78 is 5.92. The van der Waals surface area contributed by atoms with E-state index >= 15 is 0 Å². The molecule has 3 aromatic carbocycles. The van der Waals surface area contributed by atoms with Gasteiger partial charge in [0.25, 0.3) is 0 Å². The maximum absolute atomic E-state index is 6.34. The van der Waals surface area contributed by atoms with Crippen molar-refractivity contribution < 1.29 is 4.42 Å². The summed E-state index contributed by atoms with van der Waals surface area (Å²) in [6.07, 6.45) is 4.80. The predicted molar refractivity (Wildman–Crippen MR) is 175 cm³/mol. The topological polar surface area (TPSA) is 91.5 Å². The second-order valence-corrected chi connectivity index (χ2v) is 11.4. The quantitative estimate of drug-likeness (QED) is 0.128. The Morgan fingerprint density at radius 2 is 1.67 bits per heavy atom. The number of hydrogen-bond acceptors (Lipinski definition) is 8. The normalized spacial score (nSPS) is 13.9. The molecule has 1 fully saturated rings. The van der Waals surface area contributed by atoms with Crippen molar-refractivity contribution >= 4 is 52.9 Å². The van der Waals surface area contributed by atoms with E-state index in [9.17, 15) is 0 Å². The first kappa shape index (κ1) is 28.7. The molecule has 10 heteroatoms. The molecule has 0 spiro atoms. The van der Waals surface area contributed by atoms with Gasteiger partial charge in [0, 0.05) is 29.4 Å². The summed E-state index contributed by atoms with van der Waals surface area (Å²) in [6, 6.07) is 27.7. The fourth-order valence-corrected chi connectivity index (χ4v) is 5.57. The summed E-state index contributed by atoms with van der Waals surface area (Å²) >= 11 is 12.4. The second kappa shape index (κ2) is 13.3. The van der Waals surface area contributed by atoms with Crippen molar-refractivity contribution in [1.29, 1.82) is 0 Å². The molecule has 1 aliphatic rings. The van der Waals surface area contributed by atoms with Crippen molar-refractivity contribution in [2.24, 2.45) is 11.0 Å². The van der Waals surface area contributed by atoms with Crippen LogP contribution in [0, 0.1) is 12.8 Å². The molecular weight excluding hydrogens is 581 g/mol. The Hall–Kier alpha value is -4.40. The minimum atomic E-state index is 0.329. The van der Waals surface area contributed by atoms with Crippen LogP contribution in [-0.4, -0.2) is 34.3 Å². The zero-order valence-corrected chi connectivity index (χ0v) is 25.2. The van der Waals surface area contributed by atoms with E-state index in [-0.39, 0.29) is 0 Å². The number of hydrazone groups is 1. The van der Waals surface area contributed by atoms with Crippen LogP contribution in [0.25, 0.3) is 11.3 Å². The number of furan rings is 1. The van der Waals surface area contributed by atoms with Crippen molar-refractivity contribution in [2.45, 2.75) is 26.2 Å². The van der Waals surface area contributed by atoms with Crippen molar-refractivity contribution in [3.05, 3.63) is 112 Å². The molecule has 2 aromatic heterocycles. The van der Waals surface area contributed by atoms with Gasteiger partial charge in [0.1, 0.15) is 11.5 Å². The van der Waals surface area contributed by atoms with Gasteiger partial charge in [0.15, 0.2) is 0 Å². The smallest absolute Gasteiger partial charge is 0.250 e. The molecule has 0 bridgehead atoms. The molecule has 0 atom stereocenters. The number of piperidine rings is 1. The molecule has 43 heavy (non-hydrogen) atoms. The molecule has 8 nitrogen and oxygen atoms in total. The van der Waals surface area contributed by atoms with Crippen LogP contribution in [0.5, 0.6) is 0 Å². The lowest BCUT2D eigenvalue weighted by atomic mass is 9.90. The number of aryl methyl sites for hydroxylation is 1. The first-order valence-electron chi connectivity index (χ1n) is 14.2. The largest absolute Gasteiger partial charge is 0.455 e. The highest BCUT2D eigenvalue weighted by atomic mass is 35.5. The number of aromatic nitrogens is 3. The molecule has 5 aromatic rings. The van der Waals surface area contributed by atoms with E-state index in [2.05, 4.69) is 63.0 Å². The van der Waals surface area contributed by atoms with Gasteiger partial charge in [0.2, 0.25) is 17.8 Å². The molecule has 6 rings (SSSR count). The molecule has 218 valence electrons. The van der Waals surface area contributed by atoms with Gasteiger partial charge in [-0.25, -0.2) is 5.43 Å². The second-order valence-electron chi connectivity index (χ2n) is 10.6. The maximum Gasteiger partial charge on any atom is 0.250 e. The summed E-state index contributed by atoms with van der Waals surface area (Å²) in [7, 11) is 0. The third-order valence-electron chi connectivity index (χ3n) is 7.38. The number of nitrogens with one attached hydrogen (secondary N) is 2. The summed E-state index contributed by atoms with van der Waals surface area (Å²) in [6.45, 7) is 3.80. The third-order valence-corrected chi connectivity index (χ3v) is 7.92. The van der Waals surface area contributed by atoms with Gasteiger partial charge in [-0.1, -0.05) is 71.2 Å². The standard InChI is InChI=1S/C33H31Cl2N7O/c1-22-7-10-26(11-8-22)37-31-38-32(41-36-21-27-12-14-30(43-27)28-13-9-25(34)20-29(28)35)40-33(39-31)42-17-15-24(16-18-42)19-23-5-3-2-4-6-23/h2-14,20-21,24H,15-19H2,1H3,(H2,37,38,39,40,41). The maximum atomic E-state index is 6.34. The van der Waals surface area contributed by atoms with E-state index in [1.165, 1.54) is 11.1 Å². The Labute approximate surface area is 260 Å². The Bertz CT molecular complexity index is 1700. The summed E-state index contributed by atoms with van der Waals surface area (Å²) in [5.74, 6) is 3.17. The Morgan fingerprint density at radius 1 is 0.907 bits per heavy atom. The number of anilines is 4. The number of halogens is 2. The molecule has 0 unspecified atom stereocenters. The van der Waals surface area contributed by atoms with E-state index in [0.717, 1.165) is 43.6 Å². The van der Waals surface area contributed by atoms with Gasteiger partial charge in [-0.3, -0.25) is 0 Å². The number of nitrogens with zero attached hydrogens (tertiary/aromatic N) is 5. The van der Waals surface area contributed by atoms with Crippen molar-refractivity contribution in [2.75, 3.05) is 28.7 Å². The van der Waals surface area contributed by atoms with E-state index in [0.29, 0.717) is 45.3 Å². The average Bonchev–Trinajstić information content (AvgIpc) is 3.48. The van der Waals surface area contributed by atoms with E-state index < -0.39 is 0 Å². The van der Waals surface area contributed by atoms with Crippen LogP contribution in [0.2, 0.25) is 10.0 Å². The first-order chi connectivity index (χ1) is 21.0. The average molecular weight is 613 g/mol. The predicted octanol–water partition coefficient (Wildman–Crippen LogP) is 8.40. The minimum absolute atomic E-state index is 0.329. The Morgan fingerprint density at radius 3 is 2.44 bits per heavy atom. The van der Waals surface area contributed by atoms with Gasteiger partial charge >= 0.3 is 0 Å². The highest BCUT2D eigenvalue weighted by Gasteiger charge is 2.22. The zero-order valence-electron chi connectivity index (χ0n) is 23.7. The lowest BCUT2D eigenvalue weighted by Gasteiger charge is -2.32. The van der Waals surface area contributed by atoms with Gasteiger partial charge in [-0.2, -0.15) is 20.1 Å². The lowest BCUT2D eigenvalue weighted by molar-refractivity contribution is 0.400. The fourth-order valence-electron chi connectivity index (χ4n) is 5.07. The summed E-state index contributed by atoms with van der Waals surface area (Å²) in [4.78, 5) is 16.3. The van der Waals surface area contributed by atoms with Crippen LogP contribution in [0.4, 0.5) is 23.5 Å². The van der Waals surface area contributed by atoms with Crippen LogP contribution in [-0.2, 0) is 6.42 Å². The van der Waals surface area contributed by atoms with Gasteiger partial charge in [-0.05, 0) is 80.1 Å². The monoisotopic (exact) mass is 611 g/mol. The van der Waals surface area contributed by atoms with Gasteiger partial charge in [-0.15, -0.1) is 0 Å². The van der Waals surface area contributed by atoms with Crippen LogP contribution < -0.4 is 15.6 Å². The summed E-state index contributed by atoms with van der Waals surface area (Å²) in [5, 5.41) is 8.73. The molecular formula is C33H31Cl2N7O. The minimum Gasteiger partial charge on any atom is -0.455 e. The molecule has 0 radical (unpaired) electrons. The number of rotatable bonds is 9. The molecule has 3 heterocycles. The SMILES string of the molecule is Cc1ccc(Nc2nc(NN=Cc3ccc(-c4ccc(Cl)cc4Cl)o3)nc(N3CCC(Cc4ccccc4)CC3)n2)cc1. The van der Waals surface area contributed by atoms with Crippen LogP contribution >= 0.6 is 23.2 Å². The van der Waals surface area contributed by atoms with E-state index in [4.69, 9.17) is 37.6 Å². The Balaban J connectivity index is 1.17. The van der Waals surface area contributed by atoms with E-state index in [1.807, 2.05) is 42.5 Å². The number of hydrogen-bond donors (Lipinski definition) is 2. The highest BCUT2D eigenvalue weighted by molar-refractivity contribution is 6.36. The molecule has 2 N–H and O–H groups in total. The first-order valence-corrected chi connectivity index (χ1v) is 15.0. The molecule has 0 amide bonds. The van der Waals surface area contributed by atoms with Crippen LogP contribution in [0.15, 0.2) is 94.4 Å². The van der Waals surface area contributed by atoms with E-state index in [1.54, 1.807) is 18.3 Å². The number of benzene rings is 3. The van der Waals surface area contributed by atoms with Crippen molar-refractivity contribution in [3.63, 3.8) is 0 Å². The lowest BCUT2D eigenvalue weighted by Crippen LogP contribution is -2.35. The summed E-state index contributed by atoms with van der Waals surface area (Å²) in [5.41, 5.74) is 7.16. The zero-order chi connectivity index (χ0) is 29.6. The molecule has 1 aliphatic heterocycles. The van der Waals surface area contributed by atoms with Crippen molar-refractivity contribution in [1.82, 2.24) is 15.0 Å². The van der Waals surface area contributed by atoms with Crippen molar-refractivity contribution in [3.8, 4) is 11.3 Å². The molecule has 0 aliphatic carbocycles. The molecule has 0 saturated carbocycles. The van der Waals surface area contributed by atoms with Gasteiger partial charge in [0.05, 0.1) is 11.2 Å². The fraction of sp³-hybridized carbons (Fsp3) is 0.212. The molecule has 1 saturated heterocycles. The highest BCUT2D eigenvalue weighted by Crippen LogP contribution is 2.31. The van der Waals surface area contributed by atoms with Gasteiger partial charge < -0.3 is 14.6 Å². The van der Waals surface area contributed by atoms with Crippen LogP contribution in [0.1, 0.15) is 29.7 Å². The Kier molecular flexibility index (Phi) is 8.86.